The predicted molar refractivity (Wildman–Crippen MR) is 86.9 cm³/mol. The molecule has 1 aliphatic rings. The monoisotopic (exact) mass is 301 g/mol. The molecule has 0 unspecified atom stereocenters. The molecule has 22 heavy (non-hydrogen) atoms. The fourth-order valence-corrected chi connectivity index (χ4v) is 2.91. The Kier molecular flexibility index (Phi) is 4.63. The SMILES string of the molecule is CCOc1ccccc1-n1nc(COC)c2c1NCCCC2. The van der Waals surface area contributed by atoms with Crippen LogP contribution in [0.25, 0.3) is 5.69 Å². The summed E-state index contributed by atoms with van der Waals surface area (Å²) in [6, 6.07) is 8.03. The van der Waals surface area contributed by atoms with Crippen LogP contribution in [-0.4, -0.2) is 30.0 Å². The first-order chi connectivity index (χ1) is 10.8. The van der Waals surface area contributed by atoms with Crippen LogP contribution in [0.1, 0.15) is 31.0 Å². The van der Waals surface area contributed by atoms with E-state index in [1.807, 2.05) is 35.9 Å². The van der Waals surface area contributed by atoms with Gasteiger partial charge in [-0.2, -0.15) is 5.10 Å². The molecule has 1 aromatic carbocycles. The van der Waals surface area contributed by atoms with Crippen molar-refractivity contribution in [3.63, 3.8) is 0 Å². The van der Waals surface area contributed by atoms with Crippen LogP contribution in [0.2, 0.25) is 0 Å². The summed E-state index contributed by atoms with van der Waals surface area (Å²) in [6.45, 7) is 4.14. The molecule has 1 aliphatic heterocycles. The van der Waals surface area contributed by atoms with E-state index < -0.39 is 0 Å². The third-order valence-electron chi connectivity index (χ3n) is 3.89. The van der Waals surface area contributed by atoms with Gasteiger partial charge in [-0.15, -0.1) is 0 Å². The van der Waals surface area contributed by atoms with Crippen LogP contribution in [0.4, 0.5) is 5.82 Å². The molecule has 0 bridgehead atoms. The van der Waals surface area contributed by atoms with Crippen LogP contribution >= 0.6 is 0 Å². The minimum absolute atomic E-state index is 0.536. The van der Waals surface area contributed by atoms with E-state index in [4.69, 9.17) is 14.6 Å². The quantitative estimate of drug-likeness (QED) is 0.921. The predicted octanol–water partition coefficient (Wildman–Crippen LogP) is 3.17. The van der Waals surface area contributed by atoms with Gasteiger partial charge >= 0.3 is 0 Å². The van der Waals surface area contributed by atoms with Gasteiger partial charge in [-0.05, 0) is 38.3 Å². The molecule has 3 rings (SSSR count). The second-order valence-corrected chi connectivity index (χ2v) is 5.40. The van der Waals surface area contributed by atoms with Gasteiger partial charge in [0, 0.05) is 19.2 Å². The average molecular weight is 301 g/mol. The van der Waals surface area contributed by atoms with Crippen molar-refractivity contribution in [2.45, 2.75) is 32.8 Å². The highest BCUT2D eigenvalue weighted by molar-refractivity contribution is 5.58. The Morgan fingerprint density at radius 2 is 2.14 bits per heavy atom. The van der Waals surface area contributed by atoms with Crippen LogP contribution in [0.15, 0.2) is 24.3 Å². The van der Waals surface area contributed by atoms with E-state index in [0.717, 1.165) is 35.9 Å². The lowest BCUT2D eigenvalue weighted by Crippen LogP contribution is -2.08. The maximum atomic E-state index is 5.76. The number of benzene rings is 1. The van der Waals surface area contributed by atoms with Crippen molar-refractivity contribution in [3.8, 4) is 11.4 Å². The molecule has 1 aromatic heterocycles. The molecule has 5 nitrogen and oxygen atoms in total. The van der Waals surface area contributed by atoms with E-state index in [-0.39, 0.29) is 0 Å². The van der Waals surface area contributed by atoms with Crippen molar-refractivity contribution < 1.29 is 9.47 Å². The minimum atomic E-state index is 0.536. The molecule has 1 N–H and O–H groups in total. The van der Waals surface area contributed by atoms with Crippen LogP contribution in [0.5, 0.6) is 5.75 Å². The molecule has 0 saturated carbocycles. The Morgan fingerprint density at radius 3 is 2.95 bits per heavy atom. The number of ether oxygens (including phenoxy) is 2. The summed E-state index contributed by atoms with van der Waals surface area (Å²) in [5.41, 5.74) is 3.25. The third-order valence-corrected chi connectivity index (χ3v) is 3.89. The van der Waals surface area contributed by atoms with E-state index >= 15 is 0 Å². The average Bonchev–Trinajstić information content (AvgIpc) is 2.72. The first kappa shape index (κ1) is 14.9. The van der Waals surface area contributed by atoms with Crippen LogP contribution in [-0.2, 0) is 17.8 Å². The molecular weight excluding hydrogens is 278 g/mol. The van der Waals surface area contributed by atoms with Crippen molar-refractivity contribution in [3.05, 3.63) is 35.5 Å². The van der Waals surface area contributed by atoms with Crippen molar-refractivity contribution >= 4 is 5.82 Å². The summed E-state index contributed by atoms with van der Waals surface area (Å²) < 4.78 is 13.1. The lowest BCUT2D eigenvalue weighted by Gasteiger charge is -2.13. The smallest absolute Gasteiger partial charge is 0.145 e. The number of fused-ring (bicyclic) bond motifs is 1. The first-order valence-electron chi connectivity index (χ1n) is 7.91. The first-order valence-corrected chi connectivity index (χ1v) is 7.91. The molecule has 0 amide bonds. The minimum Gasteiger partial charge on any atom is -0.492 e. The lowest BCUT2D eigenvalue weighted by molar-refractivity contribution is 0.180. The number of para-hydroxylation sites is 2. The molecule has 0 fully saturated rings. The van der Waals surface area contributed by atoms with Gasteiger partial charge in [0.05, 0.1) is 18.9 Å². The van der Waals surface area contributed by atoms with Gasteiger partial charge in [-0.3, -0.25) is 0 Å². The number of hydrogen-bond acceptors (Lipinski definition) is 4. The number of hydrogen-bond donors (Lipinski definition) is 1. The highest BCUT2D eigenvalue weighted by Gasteiger charge is 2.21. The Balaban J connectivity index is 2.10. The van der Waals surface area contributed by atoms with Gasteiger partial charge in [0.15, 0.2) is 0 Å². The zero-order valence-electron chi connectivity index (χ0n) is 13.3. The topological polar surface area (TPSA) is 48.3 Å². The van der Waals surface area contributed by atoms with Crippen LogP contribution in [0, 0.1) is 0 Å². The highest BCUT2D eigenvalue weighted by Crippen LogP contribution is 2.32. The Hall–Kier alpha value is -2.01. The van der Waals surface area contributed by atoms with Gasteiger partial charge in [0.1, 0.15) is 17.3 Å². The fourth-order valence-electron chi connectivity index (χ4n) is 2.91. The normalized spacial score (nSPS) is 14.1. The summed E-state index contributed by atoms with van der Waals surface area (Å²) >= 11 is 0. The van der Waals surface area contributed by atoms with Crippen molar-refractivity contribution in [2.24, 2.45) is 0 Å². The zero-order chi connectivity index (χ0) is 15.4. The molecule has 0 spiro atoms. The van der Waals surface area contributed by atoms with E-state index in [1.54, 1.807) is 7.11 Å². The molecule has 2 aromatic rings. The molecule has 118 valence electrons. The number of methoxy groups -OCH3 is 1. The zero-order valence-corrected chi connectivity index (χ0v) is 13.3. The number of nitrogens with one attached hydrogen (secondary N) is 1. The van der Waals surface area contributed by atoms with E-state index in [2.05, 4.69) is 5.32 Å². The maximum absolute atomic E-state index is 5.76. The van der Waals surface area contributed by atoms with Crippen molar-refractivity contribution in [1.82, 2.24) is 9.78 Å². The number of aromatic nitrogens is 2. The van der Waals surface area contributed by atoms with E-state index in [9.17, 15) is 0 Å². The van der Waals surface area contributed by atoms with Gasteiger partial charge in [0.2, 0.25) is 0 Å². The Morgan fingerprint density at radius 1 is 1.27 bits per heavy atom. The Bertz CT molecular complexity index is 637. The number of rotatable bonds is 5. The maximum Gasteiger partial charge on any atom is 0.145 e. The van der Waals surface area contributed by atoms with Gasteiger partial charge in [-0.25, -0.2) is 4.68 Å². The molecule has 5 heteroatoms. The van der Waals surface area contributed by atoms with Gasteiger partial charge in [0.25, 0.3) is 0 Å². The second kappa shape index (κ2) is 6.83. The van der Waals surface area contributed by atoms with Crippen LogP contribution < -0.4 is 10.1 Å². The Labute approximate surface area is 131 Å². The third kappa shape index (κ3) is 2.81. The summed E-state index contributed by atoms with van der Waals surface area (Å²) in [6.07, 6.45) is 3.39. The molecular formula is C17H23N3O2. The second-order valence-electron chi connectivity index (χ2n) is 5.40. The highest BCUT2D eigenvalue weighted by atomic mass is 16.5. The summed E-state index contributed by atoms with van der Waals surface area (Å²) in [7, 11) is 1.71. The largest absolute Gasteiger partial charge is 0.492 e. The summed E-state index contributed by atoms with van der Waals surface area (Å²) in [4.78, 5) is 0. The number of anilines is 1. The molecule has 0 aliphatic carbocycles. The van der Waals surface area contributed by atoms with Gasteiger partial charge in [-0.1, -0.05) is 12.1 Å². The van der Waals surface area contributed by atoms with Crippen molar-refractivity contribution in [2.75, 3.05) is 25.6 Å². The molecule has 0 radical (unpaired) electrons. The standard InChI is InChI=1S/C17H23N3O2/c1-3-22-16-10-5-4-9-15(16)20-17-13(8-6-7-11-18-17)14(19-20)12-21-2/h4-5,9-10,18H,3,6-8,11-12H2,1-2H3. The molecule has 0 saturated heterocycles. The fraction of sp³-hybridized carbons (Fsp3) is 0.471. The van der Waals surface area contributed by atoms with E-state index in [1.165, 1.54) is 18.4 Å². The summed E-state index contributed by atoms with van der Waals surface area (Å²) in [5.74, 6) is 1.93. The van der Waals surface area contributed by atoms with Gasteiger partial charge < -0.3 is 14.8 Å². The van der Waals surface area contributed by atoms with Crippen molar-refractivity contribution in [1.29, 1.82) is 0 Å². The molecule has 2 heterocycles. The lowest BCUT2D eigenvalue weighted by atomic mass is 10.1. The summed E-state index contributed by atoms with van der Waals surface area (Å²) in [5, 5.41) is 8.32. The molecule has 0 atom stereocenters. The number of nitrogens with zero attached hydrogens (tertiary/aromatic N) is 2. The van der Waals surface area contributed by atoms with Crippen LogP contribution in [0.3, 0.4) is 0 Å². The van der Waals surface area contributed by atoms with E-state index in [0.29, 0.717) is 13.2 Å².